The number of hydrogen-bond donors (Lipinski definition) is 1. The van der Waals surface area contributed by atoms with E-state index in [2.05, 4.69) is 29.0 Å². The zero-order valence-corrected chi connectivity index (χ0v) is 11.8. The predicted molar refractivity (Wildman–Crippen MR) is 72.6 cm³/mol. The zero-order chi connectivity index (χ0) is 13.0. The van der Waals surface area contributed by atoms with Gasteiger partial charge in [-0.2, -0.15) is 0 Å². The summed E-state index contributed by atoms with van der Waals surface area (Å²) < 4.78 is 5.61. The summed E-state index contributed by atoms with van der Waals surface area (Å²) >= 11 is 0. The largest absolute Gasteiger partial charge is 0.449 e. The molecule has 1 saturated heterocycles. The molecule has 0 amide bonds. The molecule has 2 atom stereocenters. The number of oxazole rings is 1. The highest BCUT2D eigenvalue weighted by molar-refractivity contribution is 5.03. The van der Waals surface area contributed by atoms with Gasteiger partial charge in [-0.1, -0.05) is 13.3 Å². The fourth-order valence-corrected chi connectivity index (χ4v) is 2.67. The first-order valence-corrected chi connectivity index (χ1v) is 7.10. The second-order valence-corrected chi connectivity index (χ2v) is 5.16. The Kier molecular flexibility index (Phi) is 4.78. The number of piperidine rings is 1. The van der Waals surface area contributed by atoms with E-state index in [1.54, 1.807) is 6.26 Å². The molecule has 2 heterocycles. The minimum Gasteiger partial charge on any atom is -0.449 e. The van der Waals surface area contributed by atoms with Crippen molar-refractivity contribution in [1.82, 2.24) is 15.2 Å². The van der Waals surface area contributed by atoms with Crippen LogP contribution in [-0.4, -0.2) is 36.1 Å². The van der Waals surface area contributed by atoms with Gasteiger partial charge in [-0.3, -0.25) is 0 Å². The molecule has 18 heavy (non-hydrogen) atoms. The topological polar surface area (TPSA) is 41.3 Å². The maximum absolute atomic E-state index is 5.61. The van der Waals surface area contributed by atoms with Crippen LogP contribution in [0.1, 0.15) is 50.7 Å². The van der Waals surface area contributed by atoms with Gasteiger partial charge in [0, 0.05) is 18.5 Å². The van der Waals surface area contributed by atoms with Gasteiger partial charge in [0.05, 0.1) is 5.69 Å². The third-order valence-corrected chi connectivity index (χ3v) is 4.01. The van der Waals surface area contributed by atoms with Crippen LogP contribution in [0.15, 0.2) is 10.7 Å². The minimum atomic E-state index is 0.260. The monoisotopic (exact) mass is 251 g/mol. The highest BCUT2D eigenvalue weighted by Gasteiger charge is 2.23. The van der Waals surface area contributed by atoms with Crippen LogP contribution in [0, 0.1) is 0 Å². The van der Waals surface area contributed by atoms with Crippen molar-refractivity contribution in [3.8, 4) is 0 Å². The molecule has 4 heteroatoms. The van der Waals surface area contributed by atoms with E-state index < -0.39 is 0 Å². The van der Waals surface area contributed by atoms with Crippen LogP contribution in [0.3, 0.4) is 0 Å². The summed E-state index contributed by atoms with van der Waals surface area (Å²) in [7, 11) is 1.94. The number of nitrogens with zero attached hydrogens (tertiary/aromatic N) is 2. The van der Waals surface area contributed by atoms with Crippen molar-refractivity contribution in [2.45, 2.75) is 51.6 Å². The van der Waals surface area contributed by atoms with Gasteiger partial charge in [-0.25, -0.2) is 4.98 Å². The summed E-state index contributed by atoms with van der Waals surface area (Å²) in [6.07, 6.45) is 6.67. The van der Waals surface area contributed by atoms with Crippen molar-refractivity contribution in [1.29, 1.82) is 0 Å². The smallest absolute Gasteiger partial charge is 0.195 e. The van der Waals surface area contributed by atoms with E-state index in [9.17, 15) is 0 Å². The molecule has 4 nitrogen and oxygen atoms in total. The third-order valence-electron chi connectivity index (χ3n) is 4.01. The van der Waals surface area contributed by atoms with Gasteiger partial charge in [-0.05, 0) is 39.9 Å². The maximum Gasteiger partial charge on any atom is 0.195 e. The Morgan fingerprint density at radius 2 is 2.39 bits per heavy atom. The van der Waals surface area contributed by atoms with Crippen LogP contribution >= 0.6 is 0 Å². The first kappa shape index (κ1) is 13.6. The van der Waals surface area contributed by atoms with Crippen molar-refractivity contribution in [3.63, 3.8) is 0 Å². The van der Waals surface area contributed by atoms with E-state index in [1.807, 2.05) is 7.05 Å². The van der Waals surface area contributed by atoms with E-state index in [1.165, 1.54) is 25.8 Å². The SMILES string of the molecule is CCN1CCCCC1Cc1nc(C(C)NC)co1. The number of likely N-dealkylation sites (tertiary alicyclic amines) is 1. The molecule has 102 valence electrons. The lowest BCUT2D eigenvalue weighted by Gasteiger charge is -2.34. The van der Waals surface area contributed by atoms with Gasteiger partial charge >= 0.3 is 0 Å². The molecule has 1 fully saturated rings. The molecule has 1 aromatic rings. The molecule has 1 N–H and O–H groups in total. The highest BCUT2D eigenvalue weighted by atomic mass is 16.3. The summed E-state index contributed by atoms with van der Waals surface area (Å²) in [6, 6.07) is 0.872. The summed E-state index contributed by atoms with van der Waals surface area (Å²) in [5.74, 6) is 0.887. The predicted octanol–water partition coefficient (Wildman–Crippen LogP) is 2.37. The Hall–Kier alpha value is -0.870. The second-order valence-electron chi connectivity index (χ2n) is 5.16. The normalized spacial score (nSPS) is 23.2. The van der Waals surface area contributed by atoms with Crippen LogP contribution in [-0.2, 0) is 6.42 Å². The molecule has 1 aliphatic heterocycles. The van der Waals surface area contributed by atoms with Gasteiger partial charge in [0.15, 0.2) is 5.89 Å². The molecule has 1 aromatic heterocycles. The lowest BCUT2D eigenvalue weighted by atomic mass is 9.99. The minimum absolute atomic E-state index is 0.260. The molecule has 2 rings (SSSR count). The average molecular weight is 251 g/mol. The number of nitrogens with one attached hydrogen (secondary N) is 1. The fourth-order valence-electron chi connectivity index (χ4n) is 2.67. The van der Waals surface area contributed by atoms with Crippen LogP contribution in [0.2, 0.25) is 0 Å². The average Bonchev–Trinajstić information content (AvgIpc) is 2.87. The van der Waals surface area contributed by atoms with E-state index in [0.717, 1.165) is 24.6 Å². The lowest BCUT2D eigenvalue weighted by molar-refractivity contribution is 0.149. The van der Waals surface area contributed by atoms with Crippen LogP contribution < -0.4 is 5.32 Å². The third kappa shape index (κ3) is 3.12. The van der Waals surface area contributed by atoms with Crippen molar-refractivity contribution in [2.75, 3.05) is 20.1 Å². The Labute approximate surface area is 110 Å². The van der Waals surface area contributed by atoms with E-state index in [0.29, 0.717) is 6.04 Å². The standard InChI is InChI=1S/C14H25N3O/c1-4-17-8-6-5-7-12(17)9-14-16-13(10-18-14)11(2)15-3/h10-12,15H,4-9H2,1-3H3. The molecule has 2 unspecified atom stereocenters. The molecular formula is C14H25N3O. The van der Waals surface area contributed by atoms with Crippen molar-refractivity contribution in [2.24, 2.45) is 0 Å². The number of rotatable bonds is 5. The molecule has 1 aliphatic rings. The first-order chi connectivity index (χ1) is 8.74. The van der Waals surface area contributed by atoms with Crippen LogP contribution in [0.4, 0.5) is 0 Å². The van der Waals surface area contributed by atoms with E-state index in [4.69, 9.17) is 4.42 Å². The van der Waals surface area contributed by atoms with E-state index >= 15 is 0 Å². The molecular weight excluding hydrogens is 226 g/mol. The molecule has 0 aromatic carbocycles. The lowest BCUT2D eigenvalue weighted by Crippen LogP contribution is -2.40. The maximum atomic E-state index is 5.61. The Bertz CT molecular complexity index is 364. The highest BCUT2D eigenvalue weighted by Crippen LogP contribution is 2.21. The quantitative estimate of drug-likeness (QED) is 0.872. The summed E-state index contributed by atoms with van der Waals surface area (Å²) in [5.41, 5.74) is 1.01. The molecule has 0 bridgehead atoms. The molecule has 0 aliphatic carbocycles. The summed E-state index contributed by atoms with van der Waals surface area (Å²) in [6.45, 7) is 6.69. The Balaban J connectivity index is 1.97. The van der Waals surface area contributed by atoms with Crippen molar-refractivity contribution >= 4 is 0 Å². The molecule has 0 spiro atoms. The van der Waals surface area contributed by atoms with Gasteiger partial charge in [0.2, 0.25) is 0 Å². The summed E-state index contributed by atoms with van der Waals surface area (Å²) in [4.78, 5) is 7.14. The van der Waals surface area contributed by atoms with Gasteiger partial charge < -0.3 is 14.6 Å². The van der Waals surface area contributed by atoms with Gasteiger partial charge in [0.25, 0.3) is 0 Å². The zero-order valence-electron chi connectivity index (χ0n) is 11.8. The fraction of sp³-hybridized carbons (Fsp3) is 0.786. The van der Waals surface area contributed by atoms with E-state index in [-0.39, 0.29) is 6.04 Å². The number of aromatic nitrogens is 1. The van der Waals surface area contributed by atoms with Gasteiger partial charge in [-0.15, -0.1) is 0 Å². The van der Waals surface area contributed by atoms with Crippen molar-refractivity contribution < 1.29 is 4.42 Å². The van der Waals surface area contributed by atoms with Crippen LogP contribution in [0.5, 0.6) is 0 Å². The second kappa shape index (κ2) is 6.34. The number of hydrogen-bond acceptors (Lipinski definition) is 4. The summed E-state index contributed by atoms with van der Waals surface area (Å²) in [5, 5.41) is 3.19. The molecule has 0 radical (unpaired) electrons. The number of likely N-dealkylation sites (N-methyl/N-ethyl adjacent to an activating group) is 1. The van der Waals surface area contributed by atoms with Gasteiger partial charge in [0.1, 0.15) is 6.26 Å². The van der Waals surface area contributed by atoms with Crippen LogP contribution in [0.25, 0.3) is 0 Å². The Morgan fingerprint density at radius 1 is 1.56 bits per heavy atom. The van der Waals surface area contributed by atoms with Crippen molar-refractivity contribution in [3.05, 3.63) is 17.8 Å². The molecule has 0 saturated carbocycles. The first-order valence-electron chi connectivity index (χ1n) is 7.10. The Morgan fingerprint density at radius 3 is 3.11 bits per heavy atom.